The minimum Gasteiger partial charge on any atom is -0.493 e. The number of hydrogen-bond donors (Lipinski definition) is 0. The first-order valence-corrected chi connectivity index (χ1v) is 11.2. The molecule has 5 aromatic rings. The van der Waals surface area contributed by atoms with E-state index in [2.05, 4.69) is 15.0 Å². The van der Waals surface area contributed by atoms with Crippen LogP contribution in [0.15, 0.2) is 85.3 Å². The molecule has 0 bridgehead atoms. The Morgan fingerprint density at radius 2 is 1.44 bits per heavy atom. The highest BCUT2D eigenvalue weighted by atomic mass is 19.1. The van der Waals surface area contributed by atoms with Crippen molar-refractivity contribution in [1.29, 1.82) is 0 Å². The van der Waals surface area contributed by atoms with Crippen LogP contribution < -0.4 is 19.1 Å². The summed E-state index contributed by atoms with van der Waals surface area (Å²) in [6, 6.07) is 19.8. The quantitative estimate of drug-likeness (QED) is 0.266. The zero-order chi connectivity index (χ0) is 25.1. The van der Waals surface area contributed by atoms with E-state index in [0.29, 0.717) is 45.2 Å². The fourth-order valence-corrected chi connectivity index (χ4v) is 3.83. The van der Waals surface area contributed by atoms with Crippen LogP contribution in [-0.2, 0) is 0 Å². The number of nitrogens with zero attached hydrogens (tertiary/aromatic N) is 4. The number of methoxy groups -OCH3 is 2. The summed E-state index contributed by atoms with van der Waals surface area (Å²) in [7, 11) is 5.00. The first kappa shape index (κ1) is 23.0. The number of halogens is 1. The second-order valence-corrected chi connectivity index (χ2v) is 7.95. The van der Waals surface area contributed by atoms with E-state index in [1.165, 1.54) is 6.07 Å². The highest BCUT2D eigenvalue weighted by Gasteiger charge is 2.14. The molecule has 0 saturated heterocycles. The topological polar surface area (TPSA) is 69.6 Å². The van der Waals surface area contributed by atoms with Crippen LogP contribution in [0.4, 0.5) is 16.0 Å². The van der Waals surface area contributed by atoms with E-state index >= 15 is 4.39 Å². The number of hydrogen-bond acceptors (Lipinski definition) is 7. The van der Waals surface area contributed by atoms with Crippen molar-refractivity contribution in [1.82, 2.24) is 15.0 Å². The smallest absolute Gasteiger partial charge is 0.229 e. The number of anilines is 2. The SMILES string of the molecule is COc1cc2nccc(Oc3ccc(-c4cnc(N(C)c5ccccc5)nc4)cc3F)c2cc1OC. The molecule has 5 rings (SSSR count). The Morgan fingerprint density at radius 3 is 2.14 bits per heavy atom. The van der Waals surface area contributed by atoms with Crippen LogP contribution >= 0.6 is 0 Å². The third-order valence-corrected chi connectivity index (χ3v) is 5.77. The highest BCUT2D eigenvalue weighted by molar-refractivity contribution is 5.88. The van der Waals surface area contributed by atoms with Crippen LogP contribution in [0.25, 0.3) is 22.0 Å². The van der Waals surface area contributed by atoms with Gasteiger partial charge in [-0.3, -0.25) is 4.98 Å². The summed E-state index contributed by atoms with van der Waals surface area (Å²) in [6.45, 7) is 0. The number of para-hydroxylation sites is 1. The minimum absolute atomic E-state index is 0.0855. The fourth-order valence-electron chi connectivity index (χ4n) is 3.83. The molecule has 7 nitrogen and oxygen atoms in total. The van der Waals surface area contributed by atoms with Crippen molar-refractivity contribution >= 4 is 22.5 Å². The van der Waals surface area contributed by atoms with E-state index in [1.807, 2.05) is 42.3 Å². The lowest BCUT2D eigenvalue weighted by Crippen LogP contribution is -2.12. The van der Waals surface area contributed by atoms with Gasteiger partial charge in [0, 0.05) is 48.3 Å². The predicted molar refractivity (Wildman–Crippen MR) is 137 cm³/mol. The molecule has 0 saturated carbocycles. The fraction of sp³-hybridized carbons (Fsp3) is 0.107. The minimum atomic E-state index is -0.511. The van der Waals surface area contributed by atoms with E-state index < -0.39 is 5.82 Å². The first-order chi connectivity index (χ1) is 17.6. The lowest BCUT2D eigenvalue weighted by atomic mass is 10.1. The van der Waals surface area contributed by atoms with E-state index in [4.69, 9.17) is 14.2 Å². The molecule has 0 aliphatic carbocycles. The maximum atomic E-state index is 15.1. The van der Waals surface area contributed by atoms with Crippen LogP contribution in [-0.4, -0.2) is 36.2 Å². The number of rotatable bonds is 7. The van der Waals surface area contributed by atoms with Gasteiger partial charge in [0.2, 0.25) is 5.95 Å². The van der Waals surface area contributed by atoms with Gasteiger partial charge in [-0.1, -0.05) is 24.3 Å². The van der Waals surface area contributed by atoms with Crippen molar-refractivity contribution in [2.45, 2.75) is 0 Å². The third kappa shape index (κ3) is 4.48. The molecule has 3 aromatic carbocycles. The number of fused-ring (bicyclic) bond motifs is 1. The summed E-state index contributed by atoms with van der Waals surface area (Å²) in [5.74, 6) is 1.64. The Labute approximate surface area is 207 Å². The molecule has 8 heteroatoms. The molecule has 0 radical (unpaired) electrons. The molecule has 0 amide bonds. The lowest BCUT2D eigenvalue weighted by Gasteiger charge is -2.17. The second kappa shape index (κ2) is 9.87. The second-order valence-electron chi connectivity index (χ2n) is 7.95. The summed E-state index contributed by atoms with van der Waals surface area (Å²) in [5.41, 5.74) is 2.94. The molecule has 180 valence electrons. The molecule has 2 heterocycles. The van der Waals surface area contributed by atoms with Crippen LogP contribution in [0.5, 0.6) is 23.0 Å². The summed E-state index contributed by atoms with van der Waals surface area (Å²) in [5, 5.41) is 0.671. The monoisotopic (exact) mass is 482 g/mol. The first-order valence-electron chi connectivity index (χ1n) is 11.2. The van der Waals surface area contributed by atoms with Crippen LogP contribution in [0.1, 0.15) is 0 Å². The number of pyridine rings is 1. The van der Waals surface area contributed by atoms with Gasteiger partial charge < -0.3 is 19.1 Å². The Balaban J connectivity index is 1.40. The highest BCUT2D eigenvalue weighted by Crippen LogP contribution is 2.38. The maximum absolute atomic E-state index is 15.1. The zero-order valence-corrected chi connectivity index (χ0v) is 20.0. The molecule has 36 heavy (non-hydrogen) atoms. The largest absolute Gasteiger partial charge is 0.493 e. The maximum Gasteiger partial charge on any atom is 0.229 e. The van der Waals surface area contributed by atoms with Crippen LogP contribution in [0.3, 0.4) is 0 Å². The van der Waals surface area contributed by atoms with Gasteiger partial charge in [-0.25, -0.2) is 14.4 Å². The van der Waals surface area contributed by atoms with Crippen molar-refractivity contribution in [2.24, 2.45) is 0 Å². The van der Waals surface area contributed by atoms with E-state index in [0.717, 1.165) is 5.69 Å². The third-order valence-electron chi connectivity index (χ3n) is 5.77. The van der Waals surface area contributed by atoms with Gasteiger partial charge in [-0.05, 0) is 42.0 Å². The number of ether oxygens (including phenoxy) is 3. The van der Waals surface area contributed by atoms with Gasteiger partial charge in [-0.2, -0.15) is 0 Å². The van der Waals surface area contributed by atoms with Gasteiger partial charge in [0.25, 0.3) is 0 Å². The average molecular weight is 483 g/mol. The Bertz CT molecular complexity index is 1510. The predicted octanol–water partition coefficient (Wildman–Crippen LogP) is 6.41. The van der Waals surface area contributed by atoms with E-state index in [9.17, 15) is 0 Å². The molecule has 0 spiro atoms. The van der Waals surface area contributed by atoms with Crippen molar-refractivity contribution in [2.75, 3.05) is 26.2 Å². The van der Waals surface area contributed by atoms with Crippen molar-refractivity contribution in [3.63, 3.8) is 0 Å². The van der Waals surface area contributed by atoms with Crippen LogP contribution in [0.2, 0.25) is 0 Å². The Hall–Kier alpha value is -4.72. The zero-order valence-electron chi connectivity index (χ0n) is 20.0. The van der Waals surface area contributed by atoms with E-state index in [-0.39, 0.29) is 5.75 Å². The number of aromatic nitrogens is 3. The standard InChI is InChI=1S/C28H23FN4O3/c1-33(20-7-5-4-6-8-20)28-31-16-19(17-32-28)18-9-10-25(22(29)13-18)36-24-11-12-30-23-15-27(35-3)26(34-2)14-21(23)24/h4-17H,1-3H3. The van der Waals surface area contributed by atoms with Gasteiger partial charge in [0.15, 0.2) is 23.1 Å². The molecule has 0 unspecified atom stereocenters. The number of benzene rings is 3. The van der Waals surface area contributed by atoms with Gasteiger partial charge in [0.05, 0.1) is 19.7 Å². The van der Waals surface area contributed by atoms with Gasteiger partial charge >= 0.3 is 0 Å². The van der Waals surface area contributed by atoms with Crippen molar-refractivity contribution in [3.8, 4) is 34.1 Å². The molecule has 0 atom stereocenters. The van der Waals surface area contributed by atoms with Gasteiger partial charge in [0.1, 0.15) is 5.75 Å². The van der Waals surface area contributed by atoms with Crippen LogP contribution in [0, 0.1) is 5.82 Å². The summed E-state index contributed by atoms with van der Waals surface area (Å²) in [6.07, 6.45) is 4.95. The van der Waals surface area contributed by atoms with E-state index in [1.54, 1.807) is 63.1 Å². The summed E-state index contributed by atoms with van der Waals surface area (Å²) < 4.78 is 31.7. The average Bonchev–Trinajstić information content (AvgIpc) is 2.93. The molecule has 0 aliphatic rings. The molecule has 2 aromatic heterocycles. The summed E-state index contributed by atoms with van der Waals surface area (Å²) >= 11 is 0. The Kier molecular flexibility index (Phi) is 6.32. The van der Waals surface area contributed by atoms with Crippen molar-refractivity contribution < 1.29 is 18.6 Å². The molecular formula is C28H23FN4O3. The normalized spacial score (nSPS) is 10.8. The summed E-state index contributed by atoms with van der Waals surface area (Å²) in [4.78, 5) is 15.1. The van der Waals surface area contributed by atoms with Crippen molar-refractivity contribution in [3.05, 3.63) is 91.1 Å². The Morgan fingerprint density at radius 1 is 0.722 bits per heavy atom. The lowest BCUT2D eigenvalue weighted by molar-refractivity contribution is 0.355. The molecular weight excluding hydrogens is 459 g/mol. The molecule has 0 N–H and O–H groups in total. The molecule has 0 fully saturated rings. The molecule has 0 aliphatic heterocycles. The van der Waals surface area contributed by atoms with Gasteiger partial charge in [-0.15, -0.1) is 0 Å².